The molecular formula is C13H10ClN2O2S-. The average Bonchev–Trinajstić information content (AvgIpc) is 2.83. The van der Waals surface area contributed by atoms with Crippen molar-refractivity contribution >= 4 is 40.3 Å². The Morgan fingerprint density at radius 2 is 1.95 bits per heavy atom. The summed E-state index contributed by atoms with van der Waals surface area (Å²) >= 11 is 7.30. The fourth-order valence-corrected chi connectivity index (χ4v) is 2.38. The number of hydrogen-bond acceptors (Lipinski definition) is 5. The van der Waals surface area contributed by atoms with E-state index in [2.05, 4.69) is 10.5 Å². The average molecular weight is 294 g/mol. The highest BCUT2D eigenvalue weighted by molar-refractivity contribution is 7.18. The van der Waals surface area contributed by atoms with Gasteiger partial charge in [-0.15, -0.1) is 11.3 Å². The second-order valence-corrected chi connectivity index (χ2v) is 5.49. The molecule has 4 nitrogen and oxygen atoms in total. The highest BCUT2D eigenvalue weighted by Crippen LogP contribution is 2.22. The van der Waals surface area contributed by atoms with Crippen molar-refractivity contribution in [1.82, 2.24) is 0 Å². The lowest BCUT2D eigenvalue weighted by Gasteiger charge is -2.05. The number of carbonyl (C=O) groups is 1. The smallest absolute Gasteiger partial charge is 0.0935 e. The molecule has 2 aromatic rings. The molecule has 0 amide bonds. The molecule has 1 aromatic heterocycles. The van der Waals surface area contributed by atoms with Crippen molar-refractivity contribution in [3.05, 3.63) is 51.2 Å². The lowest BCUT2D eigenvalue weighted by atomic mass is 10.2. The Morgan fingerprint density at radius 1 is 1.26 bits per heavy atom. The summed E-state index contributed by atoms with van der Waals surface area (Å²) in [6, 6.07) is 9.89. The van der Waals surface area contributed by atoms with Gasteiger partial charge in [0.15, 0.2) is 0 Å². The van der Waals surface area contributed by atoms with E-state index in [-0.39, 0.29) is 5.56 Å². The summed E-state index contributed by atoms with van der Waals surface area (Å²) in [5.74, 6) is -1.19. The first-order valence-electron chi connectivity index (χ1n) is 5.43. The van der Waals surface area contributed by atoms with Gasteiger partial charge < -0.3 is 9.90 Å². The molecule has 0 unspecified atom stereocenters. The molecule has 1 aromatic carbocycles. The normalized spacial score (nSPS) is 11.4. The van der Waals surface area contributed by atoms with Crippen LogP contribution in [0.3, 0.4) is 0 Å². The SMILES string of the molecule is C/C(=N/Nc1ccc(C(=O)[O-])cc1)c1ccc(Cl)s1. The van der Waals surface area contributed by atoms with Crippen molar-refractivity contribution in [3.8, 4) is 0 Å². The van der Waals surface area contributed by atoms with Gasteiger partial charge in [-0.05, 0) is 36.8 Å². The molecule has 0 fully saturated rings. The summed E-state index contributed by atoms with van der Waals surface area (Å²) in [5.41, 5.74) is 4.50. The van der Waals surface area contributed by atoms with E-state index in [1.54, 1.807) is 12.1 Å². The van der Waals surface area contributed by atoms with Crippen LogP contribution in [0.4, 0.5) is 5.69 Å². The van der Waals surface area contributed by atoms with Crippen molar-refractivity contribution in [3.63, 3.8) is 0 Å². The fraction of sp³-hybridized carbons (Fsp3) is 0.0769. The molecule has 0 aliphatic rings. The monoisotopic (exact) mass is 293 g/mol. The molecule has 19 heavy (non-hydrogen) atoms. The van der Waals surface area contributed by atoms with Crippen LogP contribution >= 0.6 is 22.9 Å². The number of nitrogens with zero attached hydrogens (tertiary/aromatic N) is 1. The molecule has 0 spiro atoms. The molecule has 1 N–H and O–H groups in total. The van der Waals surface area contributed by atoms with Crippen molar-refractivity contribution in [1.29, 1.82) is 0 Å². The Morgan fingerprint density at radius 3 is 2.47 bits per heavy atom. The minimum atomic E-state index is -1.19. The largest absolute Gasteiger partial charge is 0.545 e. The Hall–Kier alpha value is -1.85. The molecule has 0 bridgehead atoms. The zero-order chi connectivity index (χ0) is 13.8. The van der Waals surface area contributed by atoms with Gasteiger partial charge in [-0.25, -0.2) is 0 Å². The van der Waals surface area contributed by atoms with Crippen LogP contribution in [0.15, 0.2) is 41.5 Å². The third-order valence-electron chi connectivity index (χ3n) is 2.40. The zero-order valence-corrected chi connectivity index (χ0v) is 11.6. The molecular weight excluding hydrogens is 284 g/mol. The van der Waals surface area contributed by atoms with Gasteiger partial charge in [0.25, 0.3) is 0 Å². The van der Waals surface area contributed by atoms with Crippen LogP contribution in [-0.2, 0) is 0 Å². The number of hydrogen-bond donors (Lipinski definition) is 1. The van der Waals surface area contributed by atoms with Gasteiger partial charge in [-0.1, -0.05) is 23.7 Å². The molecule has 0 aliphatic heterocycles. The van der Waals surface area contributed by atoms with E-state index in [1.165, 1.54) is 23.5 Å². The van der Waals surface area contributed by atoms with E-state index in [0.29, 0.717) is 10.0 Å². The summed E-state index contributed by atoms with van der Waals surface area (Å²) in [6.45, 7) is 1.87. The first-order valence-corrected chi connectivity index (χ1v) is 6.63. The predicted octanol–water partition coefficient (Wildman–Crippen LogP) is 2.60. The number of aromatic carboxylic acids is 1. The number of benzene rings is 1. The van der Waals surface area contributed by atoms with Crippen LogP contribution in [0.2, 0.25) is 4.34 Å². The van der Waals surface area contributed by atoms with Crippen LogP contribution in [0.5, 0.6) is 0 Å². The number of carboxylic acids is 1. The van der Waals surface area contributed by atoms with Crippen molar-refractivity contribution < 1.29 is 9.90 Å². The minimum absolute atomic E-state index is 0.135. The zero-order valence-electron chi connectivity index (χ0n) is 10.0. The van der Waals surface area contributed by atoms with Crippen LogP contribution in [-0.4, -0.2) is 11.7 Å². The number of nitrogens with one attached hydrogen (secondary N) is 1. The second-order valence-electron chi connectivity index (χ2n) is 3.78. The Bertz CT molecular complexity index is 620. The number of thiophene rings is 1. The molecule has 0 saturated heterocycles. The van der Waals surface area contributed by atoms with Gasteiger partial charge in [-0.2, -0.15) is 5.10 Å². The van der Waals surface area contributed by atoms with Crippen molar-refractivity contribution in [2.45, 2.75) is 6.92 Å². The molecule has 1 heterocycles. The number of hydrazone groups is 1. The quantitative estimate of drug-likeness (QED) is 0.696. The summed E-state index contributed by atoms with van der Waals surface area (Å²) < 4.78 is 0.711. The summed E-state index contributed by atoms with van der Waals surface area (Å²) in [7, 11) is 0. The van der Waals surface area contributed by atoms with Crippen LogP contribution in [0.25, 0.3) is 0 Å². The van der Waals surface area contributed by atoms with E-state index in [4.69, 9.17) is 11.6 Å². The van der Waals surface area contributed by atoms with E-state index >= 15 is 0 Å². The van der Waals surface area contributed by atoms with Crippen LogP contribution < -0.4 is 10.5 Å². The summed E-state index contributed by atoms with van der Waals surface area (Å²) in [6.07, 6.45) is 0. The minimum Gasteiger partial charge on any atom is -0.545 e. The lowest BCUT2D eigenvalue weighted by Crippen LogP contribution is -2.21. The van der Waals surface area contributed by atoms with Crippen LogP contribution in [0, 0.1) is 0 Å². The van der Waals surface area contributed by atoms with E-state index < -0.39 is 5.97 Å². The van der Waals surface area contributed by atoms with Crippen molar-refractivity contribution in [2.24, 2.45) is 5.10 Å². The molecule has 0 saturated carbocycles. The lowest BCUT2D eigenvalue weighted by molar-refractivity contribution is -0.255. The molecule has 0 aliphatic carbocycles. The maximum atomic E-state index is 10.6. The van der Waals surface area contributed by atoms with Gasteiger partial charge in [0.05, 0.1) is 26.6 Å². The molecule has 98 valence electrons. The Labute approximate surface area is 119 Å². The molecule has 2 rings (SSSR count). The second kappa shape index (κ2) is 5.86. The number of halogens is 1. The number of rotatable bonds is 4. The highest BCUT2D eigenvalue weighted by atomic mass is 35.5. The van der Waals surface area contributed by atoms with E-state index in [1.807, 2.05) is 19.1 Å². The highest BCUT2D eigenvalue weighted by Gasteiger charge is 2.01. The number of carbonyl (C=O) groups excluding carboxylic acids is 1. The Kier molecular flexibility index (Phi) is 4.19. The third kappa shape index (κ3) is 3.56. The summed E-state index contributed by atoms with van der Waals surface area (Å²) in [4.78, 5) is 11.6. The topological polar surface area (TPSA) is 64.5 Å². The van der Waals surface area contributed by atoms with Gasteiger partial charge in [0.1, 0.15) is 0 Å². The fourth-order valence-electron chi connectivity index (χ4n) is 1.39. The maximum absolute atomic E-state index is 10.6. The number of carboxylic acid groups (broad SMARTS) is 1. The molecule has 0 radical (unpaired) electrons. The van der Waals surface area contributed by atoms with Gasteiger partial charge in [0.2, 0.25) is 0 Å². The molecule has 0 atom stereocenters. The van der Waals surface area contributed by atoms with Gasteiger partial charge in [0, 0.05) is 0 Å². The standard InChI is InChI=1S/C13H11ClN2O2S/c1-8(11-6-7-12(14)19-11)15-16-10-4-2-9(3-5-10)13(17)18/h2-7,16H,1H3,(H,17,18)/p-1/b15-8-. The van der Waals surface area contributed by atoms with Crippen molar-refractivity contribution in [2.75, 3.05) is 5.43 Å². The van der Waals surface area contributed by atoms with E-state index in [0.717, 1.165) is 10.6 Å². The van der Waals surface area contributed by atoms with E-state index in [9.17, 15) is 9.90 Å². The number of anilines is 1. The molecule has 6 heteroatoms. The Balaban J connectivity index is 2.07. The predicted molar refractivity (Wildman–Crippen MR) is 75.9 cm³/mol. The first-order chi connectivity index (χ1) is 9.06. The van der Waals surface area contributed by atoms with Crippen LogP contribution in [0.1, 0.15) is 22.2 Å². The summed E-state index contributed by atoms with van der Waals surface area (Å²) in [5, 5.41) is 14.8. The van der Waals surface area contributed by atoms with Gasteiger partial charge in [-0.3, -0.25) is 5.43 Å². The maximum Gasteiger partial charge on any atom is 0.0935 e. The first kappa shape index (κ1) is 13.6. The third-order valence-corrected chi connectivity index (χ3v) is 3.74. The van der Waals surface area contributed by atoms with Gasteiger partial charge >= 0.3 is 0 Å².